The second kappa shape index (κ2) is 5.17. The van der Waals surface area contributed by atoms with Crippen molar-refractivity contribution in [3.63, 3.8) is 0 Å². The third kappa shape index (κ3) is 2.96. The van der Waals surface area contributed by atoms with Crippen molar-refractivity contribution >= 4 is 6.09 Å². The Balaban J connectivity index is 2.07. The van der Waals surface area contributed by atoms with Crippen LogP contribution in [0.3, 0.4) is 0 Å². The first-order chi connectivity index (χ1) is 8.16. The molecule has 3 nitrogen and oxygen atoms in total. The highest BCUT2D eigenvalue weighted by Gasteiger charge is 2.25. The summed E-state index contributed by atoms with van der Waals surface area (Å²) in [6.07, 6.45) is 2.40. The topological polar surface area (TPSA) is 49.3 Å². The molecule has 0 aromatic heterocycles. The molecule has 17 heavy (non-hydrogen) atoms. The molecule has 1 fully saturated rings. The molecule has 0 bridgehead atoms. The van der Waals surface area contributed by atoms with Crippen LogP contribution >= 0.6 is 0 Å². The summed E-state index contributed by atoms with van der Waals surface area (Å²) in [6.45, 7) is 0. The van der Waals surface area contributed by atoms with E-state index in [9.17, 15) is 9.18 Å². The van der Waals surface area contributed by atoms with E-state index in [1.807, 2.05) is 6.07 Å². The van der Waals surface area contributed by atoms with Gasteiger partial charge in [-0.05, 0) is 36.8 Å². The first-order valence-corrected chi connectivity index (χ1v) is 5.90. The highest BCUT2D eigenvalue weighted by atomic mass is 19.1. The van der Waals surface area contributed by atoms with Crippen LogP contribution < -0.4 is 5.32 Å². The summed E-state index contributed by atoms with van der Waals surface area (Å²) in [5, 5.41) is 11.2. The molecule has 4 heteroatoms. The average molecular weight is 237 g/mol. The zero-order chi connectivity index (χ0) is 12.3. The number of benzene rings is 1. The summed E-state index contributed by atoms with van der Waals surface area (Å²) in [5.41, 5.74) is 0.712. The first-order valence-electron chi connectivity index (χ1n) is 5.90. The molecule has 0 spiro atoms. The van der Waals surface area contributed by atoms with Crippen molar-refractivity contribution in [3.8, 4) is 0 Å². The van der Waals surface area contributed by atoms with Crippen molar-refractivity contribution in [2.24, 2.45) is 0 Å². The van der Waals surface area contributed by atoms with Crippen LogP contribution in [-0.2, 0) is 0 Å². The molecule has 1 amide bonds. The van der Waals surface area contributed by atoms with E-state index < -0.39 is 6.09 Å². The Labute approximate surface area is 99.7 Å². The van der Waals surface area contributed by atoms with E-state index in [1.165, 1.54) is 6.07 Å². The summed E-state index contributed by atoms with van der Waals surface area (Å²) in [5.74, 6) is -0.0599. The highest BCUT2D eigenvalue weighted by Crippen LogP contribution is 2.34. The van der Waals surface area contributed by atoms with Gasteiger partial charge >= 0.3 is 6.09 Å². The minimum absolute atomic E-state index is 0.0501. The van der Waals surface area contributed by atoms with Crippen LogP contribution in [0.15, 0.2) is 24.3 Å². The molecule has 1 aliphatic rings. The van der Waals surface area contributed by atoms with Crippen molar-refractivity contribution in [1.29, 1.82) is 0 Å². The lowest BCUT2D eigenvalue weighted by atomic mass is 9.81. The fourth-order valence-corrected chi connectivity index (χ4v) is 2.58. The van der Waals surface area contributed by atoms with Gasteiger partial charge in [-0.3, -0.25) is 0 Å². The summed E-state index contributed by atoms with van der Waals surface area (Å²) < 4.78 is 13.6. The summed E-state index contributed by atoms with van der Waals surface area (Å²) >= 11 is 0. The number of hydrogen-bond donors (Lipinski definition) is 2. The van der Waals surface area contributed by atoms with Gasteiger partial charge in [-0.25, -0.2) is 9.18 Å². The van der Waals surface area contributed by atoms with Gasteiger partial charge in [0.15, 0.2) is 0 Å². The predicted molar refractivity (Wildman–Crippen MR) is 62.6 cm³/mol. The fraction of sp³-hybridized carbons (Fsp3) is 0.462. The number of hydrogen-bond acceptors (Lipinski definition) is 1. The molecule has 0 aliphatic heterocycles. The standard InChI is InChI=1S/C13H16FNO2/c14-12-7-2-1-6-11(12)9-4-3-5-10(8-9)15-13(16)17/h1-2,6-7,9-10,15H,3-5,8H2,(H,16,17). The van der Waals surface area contributed by atoms with E-state index in [2.05, 4.69) is 5.32 Å². The highest BCUT2D eigenvalue weighted by molar-refractivity contribution is 5.64. The lowest BCUT2D eigenvalue weighted by Gasteiger charge is -2.29. The Morgan fingerprint density at radius 2 is 2.12 bits per heavy atom. The predicted octanol–water partition coefficient (Wildman–Crippen LogP) is 3.12. The van der Waals surface area contributed by atoms with Crippen LogP contribution in [0, 0.1) is 5.82 Å². The van der Waals surface area contributed by atoms with Gasteiger partial charge in [0, 0.05) is 6.04 Å². The van der Waals surface area contributed by atoms with Crippen LogP contribution in [0.4, 0.5) is 9.18 Å². The van der Waals surface area contributed by atoms with Gasteiger partial charge in [-0.1, -0.05) is 24.6 Å². The van der Waals surface area contributed by atoms with Crippen molar-refractivity contribution in [2.45, 2.75) is 37.6 Å². The van der Waals surface area contributed by atoms with Gasteiger partial charge < -0.3 is 10.4 Å². The molecule has 1 aromatic carbocycles. The van der Waals surface area contributed by atoms with Gasteiger partial charge in [0.2, 0.25) is 0 Å². The van der Waals surface area contributed by atoms with Crippen LogP contribution in [0.2, 0.25) is 0 Å². The lowest BCUT2D eigenvalue weighted by molar-refractivity contribution is 0.184. The maximum absolute atomic E-state index is 13.6. The van der Waals surface area contributed by atoms with E-state index in [0.29, 0.717) is 12.0 Å². The van der Waals surface area contributed by atoms with E-state index in [0.717, 1.165) is 19.3 Å². The Bertz CT molecular complexity index is 408. The maximum atomic E-state index is 13.6. The third-order valence-corrected chi connectivity index (χ3v) is 3.35. The Kier molecular flexibility index (Phi) is 3.61. The number of nitrogens with one attached hydrogen (secondary N) is 1. The van der Waals surface area contributed by atoms with Crippen LogP contribution in [0.25, 0.3) is 0 Å². The maximum Gasteiger partial charge on any atom is 0.404 e. The Morgan fingerprint density at radius 1 is 1.35 bits per heavy atom. The largest absolute Gasteiger partial charge is 0.465 e. The molecular weight excluding hydrogens is 221 g/mol. The second-order valence-electron chi connectivity index (χ2n) is 4.53. The van der Waals surface area contributed by atoms with Crippen molar-refractivity contribution in [1.82, 2.24) is 5.32 Å². The number of rotatable bonds is 2. The number of carboxylic acid groups (broad SMARTS) is 1. The van der Waals surface area contributed by atoms with Crippen LogP contribution in [0.1, 0.15) is 37.2 Å². The molecule has 0 heterocycles. The summed E-state index contributed by atoms with van der Waals surface area (Å²) in [7, 11) is 0. The molecule has 1 aliphatic carbocycles. The molecular formula is C13H16FNO2. The molecule has 0 radical (unpaired) electrons. The molecule has 2 rings (SSSR count). The first kappa shape index (κ1) is 11.9. The second-order valence-corrected chi connectivity index (χ2v) is 4.53. The molecule has 0 saturated heterocycles. The molecule has 92 valence electrons. The van der Waals surface area contributed by atoms with Gasteiger partial charge in [0.25, 0.3) is 0 Å². The summed E-state index contributed by atoms with van der Waals surface area (Å²) in [4.78, 5) is 10.6. The monoisotopic (exact) mass is 237 g/mol. The SMILES string of the molecule is O=C(O)NC1CCCC(c2ccccc2F)C1. The summed E-state index contributed by atoms with van der Waals surface area (Å²) in [6, 6.07) is 6.71. The van der Waals surface area contributed by atoms with Crippen molar-refractivity contribution in [3.05, 3.63) is 35.6 Å². The Morgan fingerprint density at radius 3 is 2.82 bits per heavy atom. The molecule has 2 atom stereocenters. The van der Waals surface area contributed by atoms with Crippen LogP contribution in [-0.4, -0.2) is 17.2 Å². The normalized spacial score (nSPS) is 24.3. The van der Waals surface area contributed by atoms with Crippen molar-refractivity contribution < 1.29 is 14.3 Å². The van der Waals surface area contributed by atoms with E-state index in [-0.39, 0.29) is 17.8 Å². The Hall–Kier alpha value is -1.58. The fourth-order valence-electron chi connectivity index (χ4n) is 2.58. The molecule has 2 unspecified atom stereocenters. The number of halogens is 1. The van der Waals surface area contributed by atoms with Gasteiger partial charge in [0.05, 0.1) is 0 Å². The van der Waals surface area contributed by atoms with Crippen LogP contribution in [0.5, 0.6) is 0 Å². The quantitative estimate of drug-likeness (QED) is 0.830. The minimum Gasteiger partial charge on any atom is -0.465 e. The van der Waals surface area contributed by atoms with Gasteiger partial charge in [-0.15, -0.1) is 0 Å². The molecule has 1 aromatic rings. The zero-order valence-corrected chi connectivity index (χ0v) is 9.53. The molecule has 2 N–H and O–H groups in total. The van der Waals surface area contributed by atoms with E-state index >= 15 is 0 Å². The smallest absolute Gasteiger partial charge is 0.404 e. The molecule has 1 saturated carbocycles. The minimum atomic E-state index is -0.996. The van der Waals surface area contributed by atoms with Gasteiger partial charge in [0.1, 0.15) is 5.82 Å². The van der Waals surface area contributed by atoms with E-state index in [4.69, 9.17) is 5.11 Å². The average Bonchev–Trinajstić information content (AvgIpc) is 2.29. The number of carbonyl (C=O) groups is 1. The van der Waals surface area contributed by atoms with Crippen molar-refractivity contribution in [2.75, 3.05) is 0 Å². The zero-order valence-electron chi connectivity index (χ0n) is 9.53. The third-order valence-electron chi connectivity index (χ3n) is 3.35. The van der Waals surface area contributed by atoms with E-state index in [1.54, 1.807) is 12.1 Å². The van der Waals surface area contributed by atoms with Gasteiger partial charge in [-0.2, -0.15) is 0 Å². The lowest BCUT2D eigenvalue weighted by Crippen LogP contribution is -2.37. The number of amides is 1.